The van der Waals surface area contributed by atoms with Crippen molar-refractivity contribution in [3.8, 4) is 22.9 Å². The van der Waals surface area contributed by atoms with Gasteiger partial charge in [-0.2, -0.15) is 5.10 Å². The fourth-order valence-electron chi connectivity index (χ4n) is 5.21. The molecule has 0 saturated heterocycles. The second kappa shape index (κ2) is 13.7. The van der Waals surface area contributed by atoms with Crippen LogP contribution in [-0.4, -0.2) is 36.9 Å². The Bertz CT molecular complexity index is 2100. The van der Waals surface area contributed by atoms with Crippen molar-refractivity contribution in [1.29, 1.82) is 0 Å². The van der Waals surface area contributed by atoms with E-state index >= 15 is 0 Å². The Balaban J connectivity index is 0.00000401. The fraction of sp³-hybridized carbons (Fsp3) is 0.286. The number of para-hydroxylation sites is 1. The number of carbonyl (C=O) groups excluding carboxylic acids is 1. The molecule has 0 atom stereocenters. The Kier molecular flexibility index (Phi) is 9.57. The zero-order valence-corrected chi connectivity index (χ0v) is 29.1. The number of fused-ring (bicyclic) bond motifs is 3. The molecule has 0 aliphatic heterocycles. The molecule has 0 spiro atoms. The standard InChI is InChI=1S/C35H35ClN6O4S.ClH/c1-35(2,3)31-16-32(42(40-31)23-10-13-28(43)26(36)14-23)39-33(44)37-17-22-6-4-5-7-29(22)46-25-11-12-27-30(15-25)47-34-38-18-24(41(27)34)20-45-19-21-8-9-21;/h4-7,10-16,18,21,43H,8-9,17,19-20H2,1-3H3,(H2,37,39,44);1H. The maximum atomic E-state index is 13.2. The quantitative estimate of drug-likeness (QED) is 0.131. The van der Waals surface area contributed by atoms with E-state index in [0.717, 1.165) is 38.7 Å². The topological polar surface area (TPSA) is 115 Å². The number of phenols is 1. The largest absolute Gasteiger partial charge is 0.506 e. The Hall–Kier alpha value is -4.29. The summed E-state index contributed by atoms with van der Waals surface area (Å²) >= 11 is 7.78. The monoisotopic (exact) mass is 706 g/mol. The molecule has 1 saturated carbocycles. The molecule has 3 heterocycles. The van der Waals surface area contributed by atoms with Crippen molar-refractivity contribution in [2.75, 3.05) is 11.9 Å². The third-order valence-electron chi connectivity index (χ3n) is 8.01. The van der Waals surface area contributed by atoms with Gasteiger partial charge < -0.3 is 19.9 Å². The minimum Gasteiger partial charge on any atom is -0.506 e. The van der Waals surface area contributed by atoms with Gasteiger partial charge in [0.1, 0.15) is 23.1 Å². The van der Waals surface area contributed by atoms with E-state index < -0.39 is 6.03 Å². The molecule has 0 bridgehead atoms. The molecule has 0 radical (unpaired) electrons. The highest BCUT2D eigenvalue weighted by atomic mass is 35.5. The van der Waals surface area contributed by atoms with Crippen LogP contribution in [0.2, 0.25) is 5.02 Å². The van der Waals surface area contributed by atoms with Gasteiger partial charge in [-0.15, -0.1) is 12.4 Å². The Morgan fingerprint density at radius 1 is 1.10 bits per heavy atom. The van der Waals surface area contributed by atoms with Crippen LogP contribution in [0, 0.1) is 5.92 Å². The number of anilines is 1. The molecule has 48 heavy (non-hydrogen) atoms. The van der Waals surface area contributed by atoms with Crippen molar-refractivity contribution < 1.29 is 19.4 Å². The van der Waals surface area contributed by atoms with Crippen molar-refractivity contribution in [2.45, 2.75) is 52.2 Å². The van der Waals surface area contributed by atoms with Crippen LogP contribution in [0.25, 0.3) is 20.9 Å². The van der Waals surface area contributed by atoms with Gasteiger partial charge in [-0.05, 0) is 55.2 Å². The molecule has 3 N–H and O–H groups in total. The third-order valence-corrected chi connectivity index (χ3v) is 9.33. The Labute approximate surface area is 293 Å². The highest BCUT2D eigenvalue weighted by Gasteiger charge is 2.23. The predicted octanol–water partition coefficient (Wildman–Crippen LogP) is 8.85. The lowest BCUT2D eigenvalue weighted by Gasteiger charge is -2.14. The highest BCUT2D eigenvalue weighted by Crippen LogP contribution is 2.34. The molecular weight excluding hydrogens is 671 g/mol. The summed E-state index contributed by atoms with van der Waals surface area (Å²) in [4.78, 5) is 18.7. The molecule has 1 fully saturated rings. The summed E-state index contributed by atoms with van der Waals surface area (Å²) in [6, 6.07) is 19.8. The number of hydrogen-bond donors (Lipinski definition) is 3. The summed E-state index contributed by atoms with van der Waals surface area (Å²) in [5, 5.41) is 20.7. The minimum atomic E-state index is -0.411. The number of halogens is 2. The Morgan fingerprint density at radius 2 is 1.92 bits per heavy atom. The van der Waals surface area contributed by atoms with E-state index in [4.69, 9.17) is 26.2 Å². The molecular formula is C35H36Cl2N6O4S. The average molecular weight is 708 g/mol. The van der Waals surface area contributed by atoms with Gasteiger partial charge in [0.15, 0.2) is 4.96 Å². The van der Waals surface area contributed by atoms with E-state index in [9.17, 15) is 9.90 Å². The van der Waals surface area contributed by atoms with E-state index in [1.807, 2.05) is 75.5 Å². The van der Waals surface area contributed by atoms with Gasteiger partial charge in [0.25, 0.3) is 0 Å². The normalized spacial score (nSPS) is 13.1. The second-order valence-electron chi connectivity index (χ2n) is 12.8. The van der Waals surface area contributed by atoms with Gasteiger partial charge in [0.05, 0.1) is 45.1 Å². The number of imidazole rings is 1. The van der Waals surface area contributed by atoms with Gasteiger partial charge in [-0.1, -0.05) is 61.9 Å². The molecule has 0 unspecified atom stereocenters. The van der Waals surface area contributed by atoms with Crippen molar-refractivity contribution in [1.82, 2.24) is 24.5 Å². The summed E-state index contributed by atoms with van der Waals surface area (Å²) in [6.45, 7) is 7.71. The highest BCUT2D eigenvalue weighted by molar-refractivity contribution is 7.23. The number of thiazole rings is 1. The summed E-state index contributed by atoms with van der Waals surface area (Å²) in [6.07, 6.45) is 4.42. The number of aromatic nitrogens is 4. The molecule has 3 aromatic carbocycles. The first-order valence-corrected chi connectivity index (χ1v) is 16.7. The number of nitrogens with one attached hydrogen (secondary N) is 2. The van der Waals surface area contributed by atoms with Gasteiger partial charge >= 0.3 is 6.03 Å². The number of benzene rings is 3. The number of nitrogens with zero attached hydrogens (tertiary/aromatic N) is 4. The van der Waals surface area contributed by atoms with Gasteiger partial charge in [0.2, 0.25) is 0 Å². The number of carbonyl (C=O) groups is 1. The van der Waals surface area contributed by atoms with Crippen LogP contribution < -0.4 is 15.4 Å². The fourth-order valence-corrected chi connectivity index (χ4v) is 6.43. The number of phenolic OH excluding ortho intramolecular Hbond substituents is 1. The molecule has 1 aliphatic carbocycles. The zero-order chi connectivity index (χ0) is 32.7. The molecule has 7 rings (SSSR count). The molecule has 1 aliphatic rings. The maximum Gasteiger partial charge on any atom is 0.320 e. The summed E-state index contributed by atoms with van der Waals surface area (Å²) in [7, 11) is 0. The van der Waals surface area contributed by atoms with Crippen molar-refractivity contribution in [3.63, 3.8) is 0 Å². The lowest BCUT2D eigenvalue weighted by atomic mass is 9.92. The molecule has 13 heteroatoms. The number of urea groups is 1. The van der Waals surface area contributed by atoms with Gasteiger partial charge in [-0.25, -0.2) is 14.5 Å². The van der Waals surface area contributed by atoms with Crippen molar-refractivity contribution >= 4 is 62.4 Å². The zero-order valence-electron chi connectivity index (χ0n) is 26.7. The van der Waals surface area contributed by atoms with Crippen LogP contribution in [0.1, 0.15) is 50.6 Å². The van der Waals surface area contributed by atoms with E-state index in [-0.39, 0.29) is 35.1 Å². The number of rotatable bonds is 10. The molecule has 3 aromatic heterocycles. The molecule has 10 nitrogen and oxygen atoms in total. The number of hydrogen-bond acceptors (Lipinski definition) is 7. The van der Waals surface area contributed by atoms with Crippen LogP contribution in [0.5, 0.6) is 17.2 Å². The maximum absolute atomic E-state index is 13.2. The molecule has 250 valence electrons. The van der Waals surface area contributed by atoms with E-state index in [1.165, 1.54) is 18.9 Å². The lowest BCUT2D eigenvalue weighted by molar-refractivity contribution is 0.108. The van der Waals surface area contributed by atoms with E-state index in [2.05, 4.69) is 20.0 Å². The first-order valence-electron chi connectivity index (χ1n) is 15.5. The molecule has 2 amide bonds. The summed E-state index contributed by atoms with van der Waals surface area (Å²) < 4.78 is 17.1. The first-order chi connectivity index (χ1) is 22.6. The van der Waals surface area contributed by atoms with E-state index in [0.29, 0.717) is 35.5 Å². The van der Waals surface area contributed by atoms with Crippen LogP contribution >= 0.6 is 35.3 Å². The van der Waals surface area contributed by atoms with E-state index in [1.54, 1.807) is 28.2 Å². The first kappa shape index (κ1) is 33.6. The predicted molar refractivity (Wildman–Crippen MR) is 192 cm³/mol. The van der Waals surface area contributed by atoms with Gasteiger partial charge in [0, 0.05) is 36.3 Å². The summed E-state index contributed by atoms with van der Waals surface area (Å²) in [5.41, 5.74) is 4.04. The number of amides is 2. The van der Waals surface area contributed by atoms with Crippen LogP contribution in [0.15, 0.2) is 72.9 Å². The van der Waals surface area contributed by atoms with Crippen LogP contribution in [0.3, 0.4) is 0 Å². The van der Waals surface area contributed by atoms with Gasteiger partial charge in [-0.3, -0.25) is 9.72 Å². The molecule has 6 aromatic rings. The third kappa shape index (κ3) is 7.24. The van der Waals surface area contributed by atoms with Crippen LogP contribution in [0.4, 0.5) is 10.6 Å². The number of ether oxygens (including phenoxy) is 2. The minimum absolute atomic E-state index is 0. The lowest BCUT2D eigenvalue weighted by Crippen LogP contribution is -2.29. The summed E-state index contributed by atoms with van der Waals surface area (Å²) in [5.74, 6) is 2.48. The Morgan fingerprint density at radius 3 is 2.69 bits per heavy atom. The second-order valence-corrected chi connectivity index (χ2v) is 14.2. The van der Waals surface area contributed by atoms with Crippen molar-refractivity contribution in [3.05, 3.63) is 94.9 Å². The average Bonchev–Trinajstić information content (AvgIpc) is 3.45. The SMILES string of the molecule is CC(C)(C)c1cc(NC(=O)NCc2ccccc2Oc2ccc3c(c2)sc2ncc(COCC4CC4)n23)n(-c2ccc(O)c(Cl)c2)n1.Cl. The van der Waals surface area contributed by atoms with Crippen molar-refractivity contribution in [2.24, 2.45) is 5.92 Å². The van der Waals surface area contributed by atoms with Crippen LogP contribution in [-0.2, 0) is 23.3 Å². The smallest absolute Gasteiger partial charge is 0.320 e. The number of aromatic hydroxyl groups is 1.